The first kappa shape index (κ1) is 14.8. The van der Waals surface area contributed by atoms with E-state index in [2.05, 4.69) is 0 Å². The van der Waals surface area contributed by atoms with Crippen molar-refractivity contribution in [2.24, 2.45) is 0 Å². The lowest BCUT2D eigenvalue weighted by molar-refractivity contribution is -0.385. The van der Waals surface area contributed by atoms with Crippen LogP contribution in [-0.4, -0.2) is 4.92 Å². The summed E-state index contributed by atoms with van der Waals surface area (Å²) in [5.74, 6) is 0.981. The Bertz CT molecular complexity index is 766. The molecule has 0 spiro atoms. The van der Waals surface area contributed by atoms with Gasteiger partial charge < -0.3 is 4.74 Å². The van der Waals surface area contributed by atoms with Gasteiger partial charge in [0.2, 0.25) is 0 Å². The summed E-state index contributed by atoms with van der Waals surface area (Å²) in [4.78, 5) is 10.4. The van der Waals surface area contributed by atoms with Gasteiger partial charge in [-0.05, 0) is 37.6 Å². The molecule has 0 atom stereocenters. The number of halogens is 1. The van der Waals surface area contributed by atoms with Crippen LogP contribution >= 0.6 is 11.6 Å². The lowest BCUT2D eigenvalue weighted by Gasteiger charge is -2.10. The van der Waals surface area contributed by atoms with E-state index in [9.17, 15) is 10.1 Å². The third-order valence-corrected chi connectivity index (χ3v) is 3.29. The molecule has 0 fully saturated rings. The van der Waals surface area contributed by atoms with Crippen molar-refractivity contribution in [2.75, 3.05) is 0 Å². The van der Waals surface area contributed by atoms with Gasteiger partial charge >= 0.3 is 0 Å². The highest BCUT2D eigenvalue weighted by molar-refractivity contribution is 6.31. The van der Waals surface area contributed by atoms with E-state index in [1.807, 2.05) is 6.07 Å². The Morgan fingerprint density at radius 1 is 1.24 bits per heavy atom. The fourth-order valence-electron chi connectivity index (χ4n) is 1.86. The number of nitro benzene ring substituents is 1. The third-order valence-electron chi connectivity index (χ3n) is 2.98. The molecule has 0 aliphatic heterocycles. The van der Waals surface area contributed by atoms with Crippen molar-refractivity contribution in [3.05, 3.63) is 62.2 Å². The fourth-order valence-corrected chi connectivity index (χ4v) is 2.07. The molecule has 0 aliphatic rings. The van der Waals surface area contributed by atoms with Crippen LogP contribution in [-0.2, 0) is 0 Å². The van der Waals surface area contributed by atoms with Crippen LogP contribution in [0.4, 0.5) is 5.69 Å². The second kappa shape index (κ2) is 5.81. The van der Waals surface area contributed by atoms with Gasteiger partial charge in [-0.1, -0.05) is 11.6 Å². The molecular weight excluding hydrogens is 292 g/mol. The van der Waals surface area contributed by atoms with Crippen LogP contribution in [0.3, 0.4) is 0 Å². The van der Waals surface area contributed by atoms with E-state index < -0.39 is 4.92 Å². The van der Waals surface area contributed by atoms with Gasteiger partial charge in [-0.15, -0.1) is 0 Å². The Morgan fingerprint density at radius 2 is 1.95 bits per heavy atom. The number of hydrogen-bond donors (Lipinski definition) is 0. The minimum atomic E-state index is -0.426. The Labute approximate surface area is 126 Å². The molecule has 0 saturated carbocycles. The highest BCUT2D eigenvalue weighted by Crippen LogP contribution is 2.32. The molecule has 0 bridgehead atoms. The third kappa shape index (κ3) is 3.12. The van der Waals surface area contributed by atoms with Crippen molar-refractivity contribution < 1.29 is 9.66 Å². The molecule has 21 heavy (non-hydrogen) atoms. The molecule has 0 N–H and O–H groups in total. The van der Waals surface area contributed by atoms with Gasteiger partial charge in [-0.3, -0.25) is 10.1 Å². The number of nitro groups is 1. The van der Waals surface area contributed by atoms with E-state index in [4.69, 9.17) is 21.6 Å². The largest absolute Gasteiger partial charge is 0.457 e. The van der Waals surface area contributed by atoms with Gasteiger partial charge in [-0.2, -0.15) is 5.26 Å². The number of ether oxygens (including phenoxy) is 1. The minimum absolute atomic E-state index is 0.0534. The molecule has 0 aliphatic carbocycles. The van der Waals surface area contributed by atoms with Crippen molar-refractivity contribution in [3.63, 3.8) is 0 Å². The molecule has 2 aromatic carbocycles. The maximum absolute atomic E-state index is 10.9. The average Bonchev–Trinajstić information content (AvgIpc) is 2.42. The summed E-state index contributed by atoms with van der Waals surface area (Å²) in [6, 6.07) is 9.77. The molecule has 5 nitrogen and oxygen atoms in total. The highest BCUT2D eigenvalue weighted by atomic mass is 35.5. The standard InChI is InChI=1S/C15H11ClN2O3/c1-9-6-15(10(2)5-14(9)18(19)20)21-12-4-3-11(8-17)13(16)7-12/h3-7H,1-2H3. The fraction of sp³-hybridized carbons (Fsp3) is 0.133. The number of nitriles is 1. The Kier molecular flexibility index (Phi) is 4.10. The first-order chi connectivity index (χ1) is 9.92. The average molecular weight is 303 g/mol. The molecule has 2 rings (SSSR count). The van der Waals surface area contributed by atoms with Crippen molar-refractivity contribution >= 4 is 17.3 Å². The normalized spacial score (nSPS) is 10.0. The van der Waals surface area contributed by atoms with E-state index in [0.29, 0.717) is 33.2 Å². The molecule has 6 heteroatoms. The SMILES string of the molecule is Cc1cc([N+](=O)[O-])c(C)cc1Oc1ccc(C#N)c(Cl)c1. The van der Waals surface area contributed by atoms with Crippen molar-refractivity contribution in [1.82, 2.24) is 0 Å². The summed E-state index contributed by atoms with van der Waals surface area (Å²) in [6.07, 6.45) is 0. The first-order valence-electron chi connectivity index (χ1n) is 6.05. The van der Waals surface area contributed by atoms with Gasteiger partial charge in [0.1, 0.15) is 17.6 Å². The van der Waals surface area contributed by atoms with Crippen LogP contribution in [0.1, 0.15) is 16.7 Å². The molecule has 0 saturated heterocycles. The zero-order chi connectivity index (χ0) is 15.6. The van der Waals surface area contributed by atoms with Gasteiger partial charge in [0.15, 0.2) is 0 Å². The van der Waals surface area contributed by atoms with Crippen LogP contribution in [0.5, 0.6) is 11.5 Å². The van der Waals surface area contributed by atoms with Gasteiger partial charge in [-0.25, -0.2) is 0 Å². The van der Waals surface area contributed by atoms with E-state index in [1.165, 1.54) is 12.1 Å². The topological polar surface area (TPSA) is 76.2 Å². The van der Waals surface area contributed by atoms with Gasteiger partial charge in [0, 0.05) is 17.7 Å². The second-order valence-corrected chi connectivity index (χ2v) is 4.92. The predicted molar refractivity (Wildman–Crippen MR) is 78.8 cm³/mol. The lowest BCUT2D eigenvalue weighted by Crippen LogP contribution is -1.95. The smallest absolute Gasteiger partial charge is 0.272 e. The number of benzene rings is 2. The van der Waals surface area contributed by atoms with Crippen LogP contribution in [0.25, 0.3) is 0 Å². The molecular formula is C15H11ClN2O3. The van der Waals surface area contributed by atoms with Crippen LogP contribution in [0, 0.1) is 35.3 Å². The summed E-state index contributed by atoms with van der Waals surface area (Å²) < 4.78 is 5.69. The summed E-state index contributed by atoms with van der Waals surface area (Å²) in [5, 5.41) is 20.0. The molecule has 0 unspecified atom stereocenters. The maximum atomic E-state index is 10.9. The number of aryl methyl sites for hydroxylation is 2. The highest BCUT2D eigenvalue weighted by Gasteiger charge is 2.14. The minimum Gasteiger partial charge on any atom is -0.457 e. The summed E-state index contributed by atoms with van der Waals surface area (Å²) >= 11 is 5.94. The quantitative estimate of drug-likeness (QED) is 0.616. The summed E-state index contributed by atoms with van der Waals surface area (Å²) in [7, 11) is 0. The van der Waals surface area contributed by atoms with Crippen molar-refractivity contribution in [1.29, 1.82) is 5.26 Å². The predicted octanol–water partition coefficient (Wildman–Crippen LogP) is 4.53. The Hall–Kier alpha value is -2.58. The Balaban J connectivity index is 2.36. The van der Waals surface area contributed by atoms with Crippen LogP contribution in [0.2, 0.25) is 5.02 Å². The van der Waals surface area contributed by atoms with E-state index in [1.54, 1.807) is 32.0 Å². The molecule has 0 heterocycles. The first-order valence-corrected chi connectivity index (χ1v) is 6.43. The van der Waals surface area contributed by atoms with E-state index in [-0.39, 0.29) is 5.69 Å². The molecule has 0 aromatic heterocycles. The van der Waals surface area contributed by atoms with Gasteiger partial charge in [0.05, 0.1) is 15.5 Å². The number of rotatable bonds is 3. The van der Waals surface area contributed by atoms with Gasteiger partial charge in [0.25, 0.3) is 5.69 Å². The zero-order valence-corrected chi connectivity index (χ0v) is 12.1. The maximum Gasteiger partial charge on any atom is 0.272 e. The summed E-state index contributed by atoms with van der Waals surface area (Å²) in [5.41, 5.74) is 1.58. The molecule has 106 valence electrons. The summed E-state index contributed by atoms with van der Waals surface area (Å²) in [6.45, 7) is 3.38. The van der Waals surface area contributed by atoms with E-state index >= 15 is 0 Å². The number of hydrogen-bond acceptors (Lipinski definition) is 4. The number of nitrogens with zero attached hydrogens (tertiary/aromatic N) is 2. The Morgan fingerprint density at radius 3 is 2.52 bits per heavy atom. The van der Waals surface area contributed by atoms with Crippen molar-refractivity contribution in [3.8, 4) is 17.6 Å². The van der Waals surface area contributed by atoms with Crippen LogP contribution < -0.4 is 4.74 Å². The molecule has 0 radical (unpaired) electrons. The van der Waals surface area contributed by atoms with Crippen LogP contribution in [0.15, 0.2) is 30.3 Å². The zero-order valence-electron chi connectivity index (χ0n) is 11.4. The lowest BCUT2D eigenvalue weighted by atomic mass is 10.1. The second-order valence-electron chi connectivity index (χ2n) is 4.52. The molecule has 0 amide bonds. The monoisotopic (exact) mass is 302 g/mol. The van der Waals surface area contributed by atoms with Crippen molar-refractivity contribution in [2.45, 2.75) is 13.8 Å². The van der Waals surface area contributed by atoms with E-state index in [0.717, 1.165) is 0 Å². The molecule has 2 aromatic rings.